The number of carbonyl (C=O) groups excluding carboxylic acids is 2. The Bertz CT molecular complexity index is 1850. The summed E-state index contributed by atoms with van der Waals surface area (Å²) in [5.41, 5.74) is 2.63. The van der Waals surface area contributed by atoms with Crippen molar-refractivity contribution in [2.75, 3.05) is 18.5 Å². The number of sulfonamides is 1. The molecule has 1 heterocycles. The molecule has 0 spiro atoms. The summed E-state index contributed by atoms with van der Waals surface area (Å²) in [6.45, 7) is 9.21. The second kappa shape index (κ2) is 15.7. The summed E-state index contributed by atoms with van der Waals surface area (Å²) in [5, 5.41) is 6.25. The van der Waals surface area contributed by atoms with Crippen molar-refractivity contribution in [3.05, 3.63) is 105 Å². The Kier molecular flexibility index (Phi) is 12.0. The first-order valence-electron chi connectivity index (χ1n) is 15.0. The van der Waals surface area contributed by atoms with E-state index in [-0.39, 0.29) is 29.7 Å². The van der Waals surface area contributed by atoms with Gasteiger partial charge in [-0.3, -0.25) is 4.79 Å². The van der Waals surface area contributed by atoms with Crippen LogP contribution in [0.25, 0.3) is 12.2 Å². The molecule has 0 fully saturated rings. The number of ether oxygens (including phenoxy) is 2. The number of nitrogens with one attached hydrogen (secondary N) is 2. The number of amides is 1. The third-order valence-electron chi connectivity index (χ3n) is 6.59. The number of nitrogens with zero attached hydrogens (tertiary/aromatic N) is 1. The summed E-state index contributed by atoms with van der Waals surface area (Å²) < 4.78 is 39.1. The second-order valence-corrected chi connectivity index (χ2v) is 15.1. The molecule has 0 aliphatic carbocycles. The lowest BCUT2D eigenvalue weighted by Crippen LogP contribution is -2.27. The molecule has 0 aliphatic heterocycles. The SMILES string of the molecule is CC(C)c1csc(C=Cc2cccc(C(=O)Nc3cc(CCNS(=O)(=O)c4ccc(Cl)cc4)ccc3OCC(=O)OC(C)(C)C)c2)n1. The number of hydrogen-bond acceptors (Lipinski definition) is 8. The molecule has 3 aromatic carbocycles. The average Bonchev–Trinajstić information content (AvgIpc) is 3.49. The lowest BCUT2D eigenvalue weighted by Gasteiger charge is -2.20. The van der Waals surface area contributed by atoms with E-state index in [2.05, 4.69) is 28.9 Å². The molecule has 1 amide bonds. The Hall–Kier alpha value is -4.03. The van der Waals surface area contributed by atoms with Crippen molar-refractivity contribution >= 4 is 62.7 Å². The van der Waals surface area contributed by atoms with Crippen LogP contribution in [0.1, 0.15) is 72.7 Å². The highest BCUT2D eigenvalue weighted by molar-refractivity contribution is 7.89. The van der Waals surface area contributed by atoms with Gasteiger partial charge in [-0.2, -0.15) is 0 Å². The summed E-state index contributed by atoms with van der Waals surface area (Å²) in [6, 6.07) is 18.1. The van der Waals surface area contributed by atoms with Gasteiger partial charge in [-0.1, -0.05) is 49.7 Å². The van der Waals surface area contributed by atoms with Crippen LogP contribution in [0.4, 0.5) is 5.69 Å². The van der Waals surface area contributed by atoms with E-state index in [4.69, 9.17) is 21.1 Å². The first-order chi connectivity index (χ1) is 22.2. The van der Waals surface area contributed by atoms with E-state index in [0.29, 0.717) is 28.6 Å². The van der Waals surface area contributed by atoms with Crippen molar-refractivity contribution < 1.29 is 27.5 Å². The number of benzene rings is 3. The minimum absolute atomic E-state index is 0.0998. The van der Waals surface area contributed by atoms with Crippen molar-refractivity contribution in [2.24, 2.45) is 0 Å². The van der Waals surface area contributed by atoms with Crippen LogP contribution in [-0.4, -0.2) is 44.0 Å². The topological polar surface area (TPSA) is 124 Å². The van der Waals surface area contributed by atoms with E-state index in [9.17, 15) is 18.0 Å². The maximum Gasteiger partial charge on any atom is 0.344 e. The molecule has 0 bridgehead atoms. The minimum atomic E-state index is -3.75. The molecule has 0 unspecified atom stereocenters. The van der Waals surface area contributed by atoms with Crippen LogP contribution in [-0.2, 0) is 26.0 Å². The average molecular weight is 696 g/mol. The Labute approximate surface area is 285 Å². The van der Waals surface area contributed by atoms with Gasteiger partial charge < -0.3 is 14.8 Å². The number of halogens is 1. The number of aromatic nitrogens is 1. The minimum Gasteiger partial charge on any atom is -0.480 e. The van der Waals surface area contributed by atoms with Gasteiger partial charge in [0.2, 0.25) is 10.0 Å². The lowest BCUT2D eigenvalue weighted by atomic mass is 10.1. The standard InChI is InChI=1S/C35H38ClN3O6S2/c1-23(2)30-22-46-32(38-30)16-10-24-7-6-8-26(19-24)34(41)39-29-20-25(9-15-31(29)44-21-33(40)45-35(3,4)5)17-18-37-47(42,43)28-13-11-27(36)12-14-28/h6-16,19-20,22-23,37H,17-18,21H2,1-5H3,(H,39,41). The van der Waals surface area contributed by atoms with Crippen LogP contribution in [0, 0.1) is 0 Å². The van der Waals surface area contributed by atoms with Crippen LogP contribution < -0.4 is 14.8 Å². The maximum absolute atomic E-state index is 13.4. The first kappa shape index (κ1) is 35.8. The molecule has 4 rings (SSSR count). The number of carbonyl (C=O) groups is 2. The fourth-order valence-electron chi connectivity index (χ4n) is 4.28. The Balaban J connectivity index is 1.50. The molecule has 0 aliphatic rings. The van der Waals surface area contributed by atoms with Crippen molar-refractivity contribution in [2.45, 2.75) is 57.5 Å². The van der Waals surface area contributed by atoms with Gasteiger partial charge in [-0.15, -0.1) is 11.3 Å². The molecule has 47 heavy (non-hydrogen) atoms. The van der Waals surface area contributed by atoms with E-state index in [1.54, 1.807) is 68.5 Å². The molecular formula is C35H38ClN3O6S2. The molecule has 12 heteroatoms. The number of thiazole rings is 1. The summed E-state index contributed by atoms with van der Waals surface area (Å²) >= 11 is 7.45. The molecule has 4 aromatic rings. The lowest BCUT2D eigenvalue weighted by molar-refractivity contribution is -0.157. The highest BCUT2D eigenvalue weighted by atomic mass is 35.5. The van der Waals surface area contributed by atoms with Gasteiger partial charge in [-0.25, -0.2) is 22.9 Å². The van der Waals surface area contributed by atoms with Gasteiger partial charge in [0.1, 0.15) is 16.4 Å². The molecule has 0 radical (unpaired) electrons. The Morgan fingerprint density at radius 1 is 1.02 bits per heavy atom. The molecule has 1 aromatic heterocycles. The van der Waals surface area contributed by atoms with E-state index < -0.39 is 21.6 Å². The predicted octanol–water partition coefficient (Wildman–Crippen LogP) is 7.58. The highest BCUT2D eigenvalue weighted by Gasteiger charge is 2.19. The van der Waals surface area contributed by atoms with E-state index in [0.717, 1.165) is 21.8 Å². The number of anilines is 1. The third kappa shape index (κ3) is 11.0. The van der Waals surface area contributed by atoms with Crippen LogP contribution in [0.2, 0.25) is 5.02 Å². The van der Waals surface area contributed by atoms with Gasteiger partial charge in [0.25, 0.3) is 5.91 Å². The highest BCUT2D eigenvalue weighted by Crippen LogP contribution is 2.28. The number of esters is 1. The zero-order chi connectivity index (χ0) is 34.2. The van der Waals surface area contributed by atoms with Crippen LogP contribution >= 0.6 is 22.9 Å². The quantitative estimate of drug-likeness (QED) is 0.138. The Morgan fingerprint density at radius 3 is 2.45 bits per heavy atom. The molecule has 9 nitrogen and oxygen atoms in total. The summed E-state index contributed by atoms with van der Waals surface area (Å²) in [6.07, 6.45) is 4.14. The van der Waals surface area contributed by atoms with Crippen molar-refractivity contribution in [1.82, 2.24) is 9.71 Å². The first-order valence-corrected chi connectivity index (χ1v) is 17.7. The van der Waals surface area contributed by atoms with Gasteiger partial charge >= 0.3 is 5.97 Å². The third-order valence-corrected chi connectivity index (χ3v) is 9.14. The normalized spacial score (nSPS) is 12.0. The number of hydrogen-bond donors (Lipinski definition) is 2. The summed E-state index contributed by atoms with van der Waals surface area (Å²) in [7, 11) is -3.75. The Morgan fingerprint density at radius 2 is 1.77 bits per heavy atom. The van der Waals surface area contributed by atoms with Crippen molar-refractivity contribution in [3.8, 4) is 5.75 Å². The summed E-state index contributed by atoms with van der Waals surface area (Å²) in [4.78, 5) is 30.5. The molecule has 0 saturated heterocycles. The molecular weight excluding hydrogens is 658 g/mol. The largest absolute Gasteiger partial charge is 0.480 e. The molecule has 2 N–H and O–H groups in total. The smallest absolute Gasteiger partial charge is 0.344 e. The van der Waals surface area contributed by atoms with Gasteiger partial charge in [0.15, 0.2) is 6.61 Å². The van der Waals surface area contributed by atoms with E-state index in [1.165, 1.54) is 24.3 Å². The van der Waals surface area contributed by atoms with Crippen LogP contribution in [0.5, 0.6) is 5.75 Å². The van der Waals surface area contributed by atoms with Crippen molar-refractivity contribution in [3.63, 3.8) is 0 Å². The van der Waals surface area contributed by atoms with Gasteiger partial charge in [-0.05, 0) is 98.8 Å². The molecule has 248 valence electrons. The number of rotatable bonds is 13. The fraction of sp³-hybridized carbons (Fsp3) is 0.286. The second-order valence-electron chi connectivity index (χ2n) is 12.0. The van der Waals surface area contributed by atoms with Crippen molar-refractivity contribution in [1.29, 1.82) is 0 Å². The van der Waals surface area contributed by atoms with E-state index in [1.807, 2.05) is 23.6 Å². The molecule has 0 saturated carbocycles. The maximum atomic E-state index is 13.4. The van der Waals surface area contributed by atoms with Gasteiger partial charge in [0, 0.05) is 22.5 Å². The monoisotopic (exact) mass is 695 g/mol. The van der Waals surface area contributed by atoms with Crippen LogP contribution in [0.3, 0.4) is 0 Å². The summed E-state index contributed by atoms with van der Waals surface area (Å²) in [5.74, 6) is -0.346. The zero-order valence-corrected chi connectivity index (χ0v) is 29.3. The zero-order valence-electron chi connectivity index (χ0n) is 26.9. The molecule has 0 atom stereocenters. The fourth-order valence-corrected chi connectivity index (χ4v) is 6.31. The van der Waals surface area contributed by atoms with Crippen LogP contribution in [0.15, 0.2) is 77.0 Å². The van der Waals surface area contributed by atoms with Gasteiger partial charge in [0.05, 0.1) is 16.3 Å². The predicted molar refractivity (Wildman–Crippen MR) is 188 cm³/mol. The van der Waals surface area contributed by atoms with E-state index >= 15 is 0 Å².